The van der Waals surface area contributed by atoms with E-state index in [2.05, 4.69) is 0 Å². The van der Waals surface area contributed by atoms with Crippen LogP contribution in [0.3, 0.4) is 0 Å². The predicted molar refractivity (Wildman–Crippen MR) is 57.9 cm³/mol. The minimum absolute atomic E-state index is 0.452. The molecular formula is C9H11N2O8-. The lowest BCUT2D eigenvalue weighted by Crippen LogP contribution is -2.50. The molecule has 1 saturated heterocycles. The second-order valence-corrected chi connectivity index (χ2v) is 4.08. The molecule has 10 heteroatoms. The summed E-state index contributed by atoms with van der Waals surface area (Å²) in [5.74, 6) is -2.89. The number of rotatable bonds is 2. The van der Waals surface area contributed by atoms with E-state index in [9.17, 15) is 30.1 Å². The quantitative estimate of drug-likeness (QED) is 0.401. The summed E-state index contributed by atoms with van der Waals surface area (Å²) < 4.78 is 4.86. The maximum Gasteiger partial charge on any atom is 0.328 e. The fraction of sp³-hybridized carbons (Fsp3) is 0.556. The molecule has 0 amide bonds. The van der Waals surface area contributed by atoms with Crippen molar-refractivity contribution in [2.24, 2.45) is 0 Å². The second kappa shape index (κ2) is 4.43. The summed E-state index contributed by atoms with van der Waals surface area (Å²) in [6.45, 7) is -0.730. The third-order valence-electron chi connectivity index (χ3n) is 2.86. The van der Waals surface area contributed by atoms with Crippen molar-refractivity contribution in [3.8, 4) is 0 Å². The molecule has 1 aromatic rings. The highest BCUT2D eigenvalue weighted by molar-refractivity contribution is 4.98. The van der Waals surface area contributed by atoms with Gasteiger partial charge in [0.25, 0.3) is 5.56 Å². The van der Waals surface area contributed by atoms with Crippen molar-refractivity contribution in [3.63, 3.8) is 0 Å². The molecule has 106 valence electrons. The van der Waals surface area contributed by atoms with E-state index in [1.54, 1.807) is 0 Å². The first kappa shape index (κ1) is 13.7. The zero-order chi connectivity index (χ0) is 14.4. The summed E-state index contributed by atoms with van der Waals surface area (Å²) in [5, 5.41) is 48.9. The van der Waals surface area contributed by atoms with Crippen LogP contribution in [0.2, 0.25) is 0 Å². The van der Waals surface area contributed by atoms with Crippen LogP contribution in [0.15, 0.2) is 21.9 Å². The molecule has 2 rings (SSSR count). The molecule has 1 fully saturated rings. The molecule has 0 aromatic carbocycles. The van der Waals surface area contributed by atoms with Gasteiger partial charge in [-0.25, -0.2) is 4.79 Å². The van der Waals surface area contributed by atoms with E-state index in [0.717, 1.165) is 12.3 Å². The van der Waals surface area contributed by atoms with Crippen LogP contribution in [0.1, 0.15) is 6.23 Å². The van der Waals surface area contributed by atoms with Crippen LogP contribution in [0.4, 0.5) is 0 Å². The Morgan fingerprint density at radius 3 is 2.58 bits per heavy atom. The predicted octanol–water partition coefficient (Wildman–Crippen LogP) is -3.71. The van der Waals surface area contributed by atoms with Crippen LogP contribution in [-0.2, 0) is 4.74 Å². The average molecular weight is 275 g/mol. The first-order chi connectivity index (χ1) is 8.80. The van der Waals surface area contributed by atoms with E-state index in [1.165, 1.54) is 0 Å². The second-order valence-electron chi connectivity index (χ2n) is 4.08. The molecule has 1 aliphatic heterocycles. The lowest BCUT2D eigenvalue weighted by Gasteiger charge is -2.26. The van der Waals surface area contributed by atoms with E-state index in [1.807, 2.05) is 0 Å². The molecule has 0 spiro atoms. The Morgan fingerprint density at radius 1 is 1.42 bits per heavy atom. The zero-order valence-corrected chi connectivity index (χ0v) is 9.41. The third-order valence-corrected chi connectivity index (χ3v) is 2.86. The minimum atomic E-state index is -2.89. The molecule has 1 aliphatic rings. The van der Waals surface area contributed by atoms with Crippen LogP contribution < -0.4 is 11.2 Å². The Labute approximate surface area is 104 Å². The molecule has 10 nitrogen and oxygen atoms in total. The molecule has 0 aliphatic carbocycles. The first-order valence-electron chi connectivity index (χ1n) is 5.21. The fourth-order valence-corrected chi connectivity index (χ4v) is 1.83. The van der Waals surface area contributed by atoms with Crippen molar-refractivity contribution in [2.75, 3.05) is 6.61 Å². The van der Waals surface area contributed by atoms with Gasteiger partial charge in [0.15, 0.2) is 6.23 Å². The van der Waals surface area contributed by atoms with E-state index >= 15 is 0 Å². The average Bonchev–Trinajstić information content (AvgIpc) is 2.59. The van der Waals surface area contributed by atoms with E-state index in [-0.39, 0.29) is 0 Å². The normalized spacial score (nSPS) is 29.6. The first-order valence-corrected chi connectivity index (χ1v) is 5.21. The number of aromatic nitrogens is 2. The molecule has 0 saturated carbocycles. The van der Waals surface area contributed by atoms with E-state index in [0.29, 0.717) is 4.57 Å². The van der Waals surface area contributed by atoms with Gasteiger partial charge in [0.05, 0.1) is 6.61 Å². The van der Waals surface area contributed by atoms with Crippen LogP contribution in [-0.4, -0.2) is 54.3 Å². The van der Waals surface area contributed by atoms with Crippen molar-refractivity contribution in [3.05, 3.63) is 38.3 Å². The molecule has 4 N–H and O–H groups in total. The van der Waals surface area contributed by atoms with Gasteiger partial charge in [-0.05, 0) is 0 Å². The van der Waals surface area contributed by atoms with Crippen molar-refractivity contribution >= 4 is 0 Å². The van der Waals surface area contributed by atoms with Crippen molar-refractivity contribution < 1.29 is 25.2 Å². The number of hydrogen-bond acceptors (Lipinski definition) is 8. The van der Waals surface area contributed by atoms with Gasteiger partial charge < -0.3 is 30.4 Å². The summed E-state index contributed by atoms with van der Waals surface area (Å²) in [7, 11) is 0. The molecule has 0 radical (unpaired) electrons. The van der Waals surface area contributed by atoms with Gasteiger partial charge in [0.2, 0.25) is 5.79 Å². The zero-order valence-electron chi connectivity index (χ0n) is 9.41. The molecule has 3 atom stereocenters. The van der Waals surface area contributed by atoms with E-state index in [4.69, 9.17) is 9.84 Å². The Bertz CT molecular complexity index is 591. The highest BCUT2D eigenvalue weighted by Gasteiger charge is 2.55. The highest BCUT2D eigenvalue weighted by Crippen LogP contribution is 2.35. The topological polar surface area (TPSA) is 157 Å². The number of aliphatic hydroxyl groups excluding tert-OH is 2. The monoisotopic (exact) mass is 275 g/mol. The molecule has 19 heavy (non-hydrogen) atoms. The highest BCUT2D eigenvalue weighted by atomic mass is 16.6. The van der Waals surface area contributed by atoms with Crippen molar-refractivity contribution in [2.45, 2.75) is 24.2 Å². The van der Waals surface area contributed by atoms with Gasteiger partial charge in [-0.1, -0.05) is 0 Å². The van der Waals surface area contributed by atoms with Gasteiger partial charge in [0.1, 0.15) is 12.2 Å². The Hall–Kier alpha value is -1.72. The smallest absolute Gasteiger partial charge is 0.328 e. The fourth-order valence-electron chi connectivity index (χ4n) is 1.83. The summed E-state index contributed by atoms with van der Waals surface area (Å²) in [6.07, 6.45) is -4.23. The maximum absolute atomic E-state index is 11.5. The van der Waals surface area contributed by atoms with Gasteiger partial charge in [-0.15, -0.1) is 0 Å². The van der Waals surface area contributed by atoms with E-state index < -0.39 is 46.8 Å². The molecule has 1 aromatic heterocycles. The SMILES string of the molecule is O=c1ccn([C@@H]2O[C@H](CO)[C@@H](O)C2(O)O)c(=O)n1[O-]. The molecule has 0 unspecified atom stereocenters. The number of aliphatic hydroxyl groups is 4. The molecular weight excluding hydrogens is 264 g/mol. The summed E-state index contributed by atoms with van der Waals surface area (Å²) in [6, 6.07) is 0.729. The van der Waals surface area contributed by atoms with Gasteiger partial charge in [0, 0.05) is 12.3 Å². The van der Waals surface area contributed by atoms with Crippen LogP contribution >= 0.6 is 0 Å². The van der Waals surface area contributed by atoms with Crippen LogP contribution in [0, 0.1) is 5.21 Å². The van der Waals surface area contributed by atoms with Crippen LogP contribution in [0.5, 0.6) is 0 Å². The van der Waals surface area contributed by atoms with Crippen molar-refractivity contribution in [1.29, 1.82) is 0 Å². The number of nitrogens with zero attached hydrogens (tertiary/aromatic N) is 2. The van der Waals surface area contributed by atoms with Gasteiger partial charge >= 0.3 is 5.69 Å². The molecule has 2 heterocycles. The maximum atomic E-state index is 11.5. The van der Waals surface area contributed by atoms with Gasteiger partial charge in [-0.3, -0.25) is 14.1 Å². The van der Waals surface area contributed by atoms with Crippen LogP contribution in [0.25, 0.3) is 0 Å². The number of hydrogen-bond donors (Lipinski definition) is 4. The van der Waals surface area contributed by atoms with Crippen molar-refractivity contribution in [1.82, 2.24) is 9.30 Å². The minimum Gasteiger partial charge on any atom is -0.800 e. The number of ether oxygens (including phenoxy) is 1. The Kier molecular flexibility index (Phi) is 3.20. The Balaban J connectivity index is 2.51. The largest absolute Gasteiger partial charge is 0.800 e. The summed E-state index contributed by atoms with van der Waals surface area (Å²) in [4.78, 5) is 22.5. The third kappa shape index (κ3) is 1.95. The lowest BCUT2D eigenvalue weighted by molar-refractivity contribution is -0.249. The molecule has 0 bridgehead atoms. The Morgan fingerprint density at radius 2 is 2.05 bits per heavy atom. The lowest BCUT2D eigenvalue weighted by atomic mass is 10.1. The standard InChI is InChI=1S/C9H11N2O8/c12-3-4-6(14)9(16,17)7(19-4)10-2-1-5(13)11(18)8(10)15/h1-2,4,6-7,12,14,16-17H,3H2/q-1/t4-,6-,7-/m1/s1. The summed E-state index contributed by atoms with van der Waals surface area (Å²) in [5.41, 5.74) is -2.52. The van der Waals surface area contributed by atoms with Gasteiger partial charge in [-0.2, -0.15) is 0 Å². The summed E-state index contributed by atoms with van der Waals surface area (Å²) >= 11 is 0.